The third-order valence-corrected chi connectivity index (χ3v) is 3.20. The van der Waals surface area contributed by atoms with Crippen molar-refractivity contribution in [2.75, 3.05) is 5.33 Å². The first-order valence-electron chi connectivity index (χ1n) is 4.44. The third kappa shape index (κ3) is 3.27. The van der Waals surface area contributed by atoms with Crippen LogP contribution in [0.3, 0.4) is 0 Å². The molecule has 0 fully saturated rings. The Hall–Kier alpha value is -0.970. The summed E-state index contributed by atoms with van der Waals surface area (Å²) in [6.07, 6.45) is 2.41. The number of alkyl halides is 1. The van der Waals surface area contributed by atoms with E-state index in [0.29, 0.717) is 5.33 Å². The Balaban J connectivity index is 2.83. The highest BCUT2D eigenvalue weighted by Gasteiger charge is 2.21. The zero-order chi connectivity index (χ0) is 11.5. The van der Waals surface area contributed by atoms with Gasteiger partial charge in [-0.3, -0.25) is 9.78 Å². The molecule has 1 heterocycles. The fourth-order valence-electron chi connectivity index (χ4n) is 0.967. The maximum atomic E-state index is 13.2. The predicted octanol–water partition coefficient (Wildman–Crippen LogP) is 2.12. The van der Waals surface area contributed by atoms with E-state index in [2.05, 4.69) is 26.2 Å². The molecule has 0 aromatic carbocycles. The average Bonchev–Trinajstić information content (AvgIpc) is 2.17. The number of hydrogen-bond donors (Lipinski definition) is 1. The maximum absolute atomic E-state index is 13.2. The van der Waals surface area contributed by atoms with Gasteiger partial charge >= 0.3 is 0 Å². The Labute approximate surface area is 96.2 Å². The molecule has 0 saturated carbocycles. The first-order valence-corrected chi connectivity index (χ1v) is 5.56. The van der Waals surface area contributed by atoms with Gasteiger partial charge in [-0.1, -0.05) is 15.9 Å². The van der Waals surface area contributed by atoms with Gasteiger partial charge in [0.2, 0.25) is 0 Å². The van der Waals surface area contributed by atoms with E-state index in [0.717, 1.165) is 6.20 Å². The molecule has 0 spiro atoms. The lowest BCUT2D eigenvalue weighted by Crippen LogP contribution is -2.45. The van der Waals surface area contributed by atoms with Gasteiger partial charge in [0.25, 0.3) is 5.91 Å². The molecule has 0 saturated heterocycles. The van der Waals surface area contributed by atoms with Gasteiger partial charge < -0.3 is 5.32 Å². The van der Waals surface area contributed by atoms with E-state index in [1.165, 1.54) is 12.3 Å². The van der Waals surface area contributed by atoms with Gasteiger partial charge in [-0.25, -0.2) is 4.39 Å². The van der Waals surface area contributed by atoms with Gasteiger partial charge in [-0.15, -0.1) is 0 Å². The van der Waals surface area contributed by atoms with Crippen LogP contribution in [-0.2, 0) is 0 Å². The van der Waals surface area contributed by atoms with Crippen molar-refractivity contribution in [3.8, 4) is 0 Å². The summed E-state index contributed by atoms with van der Waals surface area (Å²) in [5.74, 6) is -1.04. The molecule has 1 aromatic rings. The largest absolute Gasteiger partial charge is 0.346 e. The van der Waals surface area contributed by atoms with Crippen molar-refractivity contribution in [2.45, 2.75) is 19.4 Å². The van der Waals surface area contributed by atoms with Crippen LogP contribution in [0.25, 0.3) is 0 Å². The molecule has 5 heteroatoms. The van der Waals surface area contributed by atoms with Crippen molar-refractivity contribution < 1.29 is 9.18 Å². The number of aromatic nitrogens is 1. The highest BCUT2D eigenvalue weighted by atomic mass is 79.9. The van der Waals surface area contributed by atoms with Crippen LogP contribution < -0.4 is 5.32 Å². The Morgan fingerprint density at radius 1 is 1.67 bits per heavy atom. The lowest BCUT2D eigenvalue weighted by Gasteiger charge is -2.23. The number of carbonyl (C=O) groups is 1. The highest BCUT2D eigenvalue weighted by Crippen LogP contribution is 2.10. The number of carbonyl (C=O) groups excluding carboxylic acids is 1. The van der Waals surface area contributed by atoms with Crippen LogP contribution >= 0.6 is 15.9 Å². The van der Waals surface area contributed by atoms with E-state index in [4.69, 9.17) is 0 Å². The molecular weight excluding hydrogens is 263 g/mol. The van der Waals surface area contributed by atoms with Crippen molar-refractivity contribution >= 4 is 21.8 Å². The highest BCUT2D eigenvalue weighted by molar-refractivity contribution is 9.09. The molecule has 1 N–H and O–H groups in total. The third-order valence-electron chi connectivity index (χ3n) is 1.80. The normalized spacial score (nSPS) is 11.2. The standard InChI is InChI=1S/C10H12BrFN2O/c1-10(2,6-11)14-9(15)7-3-4-13-5-8(7)12/h3-5H,6H2,1-2H3,(H,14,15). The molecule has 0 unspecified atom stereocenters. The summed E-state index contributed by atoms with van der Waals surface area (Å²) in [5, 5.41) is 3.31. The smallest absolute Gasteiger partial charge is 0.254 e. The Kier molecular flexibility index (Phi) is 3.79. The van der Waals surface area contributed by atoms with Crippen molar-refractivity contribution in [3.05, 3.63) is 29.8 Å². The zero-order valence-electron chi connectivity index (χ0n) is 8.55. The summed E-state index contributed by atoms with van der Waals surface area (Å²) < 4.78 is 13.2. The van der Waals surface area contributed by atoms with Crippen LogP contribution in [0, 0.1) is 5.82 Å². The first kappa shape index (κ1) is 12.1. The minimum Gasteiger partial charge on any atom is -0.346 e. The zero-order valence-corrected chi connectivity index (χ0v) is 10.1. The SMILES string of the molecule is CC(C)(CBr)NC(=O)c1ccncc1F. The fraction of sp³-hybridized carbons (Fsp3) is 0.400. The van der Waals surface area contributed by atoms with E-state index < -0.39 is 17.3 Å². The monoisotopic (exact) mass is 274 g/mol. The molecule has 82 valence electrons. The van der Waals surface area contributed by atoms with Crippen LogP contribution in [-0.4, -0.2) is 21.8 Å². The Morgan fingerprint density at radius 2 is 2.33 bits per heavy atom. The van der Waals surface area contributed by atoms with Gasteiger partial charge in [-0.05, 0) is 19.9 Å². The lowest BCUT2D eigenvalue weighted by atomic mass is 10.1. The van der Waals surface area contributed by atoms with Gasteiger partial charge in [-0.2, -0.15) is 0 Å². The van der Waals surface area contributed by atoms with Gasteiger partial charge in [0.05, 0.1) is 11.8 Å². The molecular formula is C10H12BrFN2O. The second kappa shape index (κ2) is 4.70. The number of nitrogens with one attached hydrogen (secondary N) is 1. The molecule has 3 nitrogen and oxygen atoms in total. The second-order valence-corrected chi connectivity index (χ2v) is 4.39. The summed E-state index contributed by atoms with van der Waals surface area (Å²) in [5.41, 5.74) is -0.397. The first-order chi connectivity index (χ1) is 6.96. The molecule has 1 aromatic heterocycles. The topological polar surface area (TPSA) is 42.0 Å². The second-order valence-electron chi connectivity index (χ2n) is 3.83. The summed E-state index contributed by atoms with van der Waals surface area (Å²) in [7, 11) is 0. The van der Waals surface area contributed by atoms with Gasteiger partial charge in [0.1, 0.15) is 0 Å². The van der Waals surface area contributed by atoms with Gasteiger partial charge in [0.15, 0.2) is 5.82 Å². The molecule has 0 bridgehead atoms. The summed E-state index contributed by atoms with van der Waals surface area (Å²) in [4.78, 5) is 15.2. The molecule has 0 aliphatic heterocycles. The molecule has 0 radical (unpaired) electrons. The van der Waals surface area contributed by atoms with Crippen LogP contribution in [0.15, 0.2) is 18.5 Å². The Morgan fingerprint density at radius 3 is 2.87 bits per heavy atom. The Bertz CT molecular complexity index is 368. The minimum absolute atomic E-state index is 0.0130. The van der Waals surface area contributed by atoms with E-state index in [1.54, 1.807) is 0 Å². The predicted molar refractivity (Wildman–Crippen MR) is 59.5 cm³/mol. The average molecular weight is 275 g/mol. The van der Waals surface area contributed by atoms with Crippen molar-refractivity contribution in [1.29, 1.82) is 0 Å². The van der Waals surface area contributed by atoms with Crippen LogP contribution in [0.5, 0.6) is 0 Å². The summed E-state index contributed by atoms with van der Waals surface area (Å²) in [6, 6.07) is 1.36. The fourth-order valence-corrected chi connectivity index (χ4v) is 1.11. The maximum Gasteiger partial charge on any atom is 0.254 e. The molecule has 1 amide bonds. The van der Waals surface area contributed by atoms with Crippen molar-refractivity contribution in [3.63, 3.8) is 0 Å². The number of amides is 1. The van der Waals surface area contributed by atoms with E-state index >= 15 is 0 Å². The minimum atomic E-state index is -0.611. The van der Waals surface area contributed by atoms with Crippen molar-refractivity contribution in [1.82, 2.24) is 10.3 Å². The van der Waals surface area contributed by atoms with E-state index in [9.17, 15) is 9.18 Å². The summed E-state index contributed by atoms with van der Waals surface area (Å²) >= 11 is 3.27. The van der Waals surface area contributed by atoms with Crippen LogP contribution in [0.1, 0.15) is 24.2 Å². The number of hydrogen-bond acceptors (Lipinski definition) is 2. The molecule has 0 aliphatic carbocycles. The number of rotatable bonds is 3. The van der Waals surface area contributed by atoms with E-state index in [-0.39, 0.29) is 5.56 Å². The summed E-state index contributed by atoms with van der Waals surface area (Å²) in [6.45, 7) is 3.69. The lowest BCUT2D eigenvalue weighted by molar-refractivity contribution is 0.0917. The molecule has 0 aliphatic rings. The molecule has 15 heavy (non-hydrogen) atoms. The van der Waals surface area contributed by atoms with Gasteiger partial charge in [0, 0.05) is 17.1 Å². The number of nitrogens with zero attached hydrogens (tertiary/aromatic N) is 1. The van der Waals surface area contributed by atoms with Crippen LogP contribution in [0.4, 0.5) is 4.39 Å². The molecule has 0 atom stereocenters. The number of halogens is 2. The van der Waals surface area contributed by atoms with Crippen LogP contribution in [0.2, 0.25) is 0 Å². The number of pyridine rings is 1. The molecule has 1 rings (SSSR count). The van der Waals surface area contributed by atoms with E-state index in [1.807, 2.05) is 13.8 Å². The van der Waals surface area contributed by atoms with Crippen molar-refractivity contribution in [2.24, 2.45) is 0 Å². The quantitative estimate of drug-likeness (QED) is 0.858.